The van der Waals surface area contributed by atoms with Gasteiger partial charge in [-0.1, -0.05) is 75.4 Å². The summed E-state index contributed by atoms with van der Waals surface area (Å²) in [5.41, 5.74) is 4.39. The van der Waals surface area contributed by atoms with Crippen molar-refractivity contribution in [2.24, 2.45) is 0 Å². The third-order valence-electron chi connectivity index (χ3n) is 5.64. The normalized spacial score (nSPS) is 12.3. The molecule has 2 N–H and O–H groups in total. The van der Waals surface area contributed by atoms with Crippen LogP contribution in [0.3, 0.4) is 0 Å². The Morgan fingerprint density at radius 2 is 1.18 bits per heavy atom. The van der Waals surface area contributed by atoms with Crippen molar-refractivity contribution in [2.75, 3.05) is 4.90 Å². The molecule has 33 heavy (non-hydrogen) atoms. The number of para-hydroxylation sites is 2. The van der Waals surface area contributed by atoms with Crippen molar-refractivity contribution in [3.05, 3.63) is 108 Å². The van der Waals surface area contributed by atoms with E-state index < -0.39 is 13.6 Å². The van der Waals surface area contributed by atoms with Gasteiger partial charge in [-0.15, -0.1) is 11.3 Å². The number of thiophene rings is 1. The lowest BCUT2D eigenvalue weighted by Crippen LogP contribution is -2.54. The summed E-state index contributed by atoms with van der Waals surface area (Å²) < 4.78 is 0.686. The van der Waals surface area contributed by atoms with E-state index in [0.29, 0.717) is 4.50 Å². The van der Waals surface area contributed by atoms with Crippen molar-refractivity contribution in [3.8, 4) is 0 Å². The second-order valence-electron chi connectivity index (χ2n) is 9.06. The Bertz CT molecular complexity index is 1170. The number of hydrogen-bond donors (Lipinski definition) is 2. The van der Waals surface area contributed by atoms with Gasteiger partial charge in [-0.2, -0.15) is 0 Å². The van der Waals surface area contributed by atoms with Gasteiger partial charge >= 0.3 is 8.56 Å². The van der Waals surface area contributed by atoms with Crippen molar-refractivity contribution in [2.45, 2.75) is 25.8 Å². The molecule has 0 fully saturated rings. The van der Waals surface area contributed by atoms with E-state index in [1.54, 1.807) is 0 Å². The monoisotopic (exact) mass is 471 g/mol. The molecule has 0 saturated heterocycles. The summed E-state index contributed by atoms with van der Waals surface area (Å²) >= 11 is 1.46. The molecule has 168 valence electrons. The van der Waals surface area contributed by atoms with Crippen molar-refractivity contribution < 1.29 is 9.59 Å². The molecular weight excluding hydrogens is 442 g/mol. The number of rotatable bonds is 6. The lowest BCUT2D eigenvalue weighted by molar-refractivity contribution is 0.336. The maximum absolute atomic E-state index is 10.7. The van der Waals surface area contributed by atoms with Crippen molar-refractivity contribution in [3.63, 3.8) is 0 Å². The summed E-state index contributed by atoms with van der Waals surface area (Å²) in [5.74, 6) is 0. The van der Waals surface area contributed by atoms with Gasteiger partial charge in [0, 0.05) is 31.5 Å². The lowest BCUT2D eigenvalue weighted by Gasteiger charge is -2.30. The van der Waals surface area contributed by atoms with Crippen LogP contribution in [0.1, 0.15) is 31.2 Å². The summed E-state index contributed by atoms with van der Waals surface area (Å²) in [6, 6.07) is 32.9. The van der Waals surface area contributed by atoms with Crippen LogP contribution in [-0.4, -0.2) is 18.2 Å². The van der Waals surface area contributed by atoms with E-state index in [4.69, 9.17) is 0 Å². The van der Waals surface area contributed by atoms with Gasteiger partial charge in [0.2, 0.25) is 0 Å². The summed E-state index contributed by atoms with van der Waals surface area (Å²) in [7, 11) is -3.47. The molecule has 4 rings (SSSR count). The van der Waals surface area contributed by atoms with E-state index in [-0.39, 0.29) is 0 Å². The van der Waals surface area contributed by atoms with Crippen molar-refractivity contribution in [1.29, 1.82) is 0 Å². The Balaban J connectivity index is 1.56. The molecule has 3 aromatic carbocycles. The number of nitrogens with zero attached hydrogens (tertiary/aromatic N) is 1. The van der Waals surface area contributed by atoms with Crippen molar-refractivity contribution >= 4 is 53.6 Å². The van der Waals surface area contributed by atoms with Crippen LogP contribution in [0.25, 0.3) is 12.2 Å². The van der Waals surface area contributed by atoms with Gasteiger partial charge in [-0.25, -0.2) is 0 Å². The highest BCUT2D eigenvalue weighted by molar-refractivity contribution is 7.25. The molecule has 0 aliphatic heterocycles. The van der Waals surface area contributed by atoms with Crippen LogP contribution >= 0.6 is 11.3 Å². The summed E-state index contributed by atoms with van der Waals surface area (Å²) in [6.07, 6.45) is 4.09. The molecule has 0 aliphatic carbocycles. The minimum atomic E-state index is -3.47. The van der Waals surface area contributed by atoms with Gasteiger partial charge in [0.15, 0.2) is 0 Å². The molecule has 3 nitrogen and oxygen atoms in total. The summed E-state index contributed by atoms with van der Waals surface area (Å²) in [6.45, 7) is 5.64. The largest absolute Gasteiger partial charge is 0.407 e. The zero-order chi connectivity index (χ0) is 23.5. The van der Waals surface area contributed by atoms with E-state index in [1.165, 1.54) is 11.3 Å². The van der Waals surface area contributed by atoms with Gasteiger partial charge < -0.3 is 14.5 Å². The molecular formula is C28H29NO2SSi. The van der Waals surface area contributed by atoms with Gasteiger partial charge in [0.25, 0.3) is 0 Å². The molecule has 0 aliphatic rings. The highest BCUT2D eigenvalue weighted by Gasteiger charge is 2.46. The lowest BCUT2D eigenvalue weighted by atomic mass is 10.1. The smallest absolute Gasteiger partial charge is 0.383 e. The molecule has 5 heteroatoms. The average molecular weight is 472 g/mol. The Morgan fingerprint density at radius 1 is 0.667 bits per heavy atom. The fourth-order valence-corrected chi connectivity index (χ4v) is 7.07. The number of benzene rings is 3. The van der Waals surface area contributed by atoms with Crippen LogP contribution in [0, 0.1) is 0 Å². The van der Waals surface area contributed by atoms with Crippen LogP contribution in [0.2, 0.25) is 5.04 Å². The first kappa shape index (κ1) is 23.2. The molecule has 0 radical (unpaired) electrons. The molecule has 1 aromatic heterocycles. The molecule has 0 saturated carbocycles. The third-order valence-corrected chi connectivity index (χ3v) is 10.6. The number of hydrogen-bond acceptors (Lipinski definition) is 4. The topological polar surface area (TPSA) is 43.7 Å². The summed E-state index contributed by atoms with van der Waals surface area (Å²) in [4.78, 5) is 24.6. The van der Waals surface area contributed by atoms with Crippen molar-refractivity contribution in [1.82, 2.24) is 0 Å². The van der Waals surface area contributed by atoms with E-state index in [0.717, 1.165) is 27.5 Å². The molecule has 0 unspecified atom stereocenters. The molecule has 0 spiro atoms. The fraction of sp³-hybridized carbons (Fsp3) is 0.143. The Morgan fingerprint density at radius 3 is 1.70 bits per heavy atom. The van der Waals surface area contributed by atoms with E-state index in [1.807, 2.05) is 75.4 Å². The second-order valence-corrected chi connectivity index (χ2v) is 13.9. The first-order valence-corrected chi connectivity index (χ1v) is 13.7. The van der Waals surface area contributed by atoms with E-state index in [9.17, 15) is 9.59 Å². The predicted molar refractivity (Wildman–Crippen MR) is 144 cm³/mol. The molecule has 4 aromatic rings. The standard InChI is InChI=1S/C28H29NO2SSi/c1-28(2,3)33(30,31)27-21-20-26(32-27)19-16-22-14-17-25(18-15-22)29(23-10-6-4-7-11-23)24-12-8-5-9-13-24/h4-21,30-31H,1-3H3/b19-16+. The maximum Gasteiger partial charge on any atom is 0.383 e. The van der Waals surface area contributed by atoms with Crippen LogP contribution in [0.15, 0.2) is 97.1 Å². The Labute approximate surface area is 201 Å². The predicted octanol–water partition coefficient (Wildman–Crippen LogP) is 6.82. The molecule has 0 atom stereocenters. The molecule has 0 bridgehead atoms. The number of anilines is 3. The first-order valence-electron chi connectivity index (χ1n) is 11.0. The quantitative estimate of drug-likeness (QED) is 0.303. The third kappa shape index (κ3) is 5.18. The molecule has 1 heterocycles. The Hall–Kier alpha value is -2.96. The van der Waals surface area contributed by atoms with Crippen LogP contribution in [0.4, 0.5) is 17.1 Å². The fourth-order valence-electron chi connectivity index (χ4n) is 3.51. The highest BCUT2D eigenvalue weighted by Crippen LogP contribution is 2.35. The van der Waals surface area contributed by atoms with Gasteiger partial charge in [-0.3, -0.25) is 0 Å². The van der Waals surface area contributed by atoms with Crippen LogP contribution in [-0.2, 0) is 0 Å². The minimum absolute atomic E-state index is 0.530. The Kier molecular flexibility index (Phi) is 6.67. The highest BCUT2D eigenvalue weighted by atomic mass is 32.1. The summed E-state index contributed by atoms with van der Waals surface area (Å²) in [5, 5.41) is -0.530. The van der Waals surface area contributed by atoms with Gasteiger partial charge in [-0.05, 0) is 60.2 Å². The first-order chi connectivity index (χ1) is 15.8. The van der Waals surface area contributed by atoms with Gasteiger partial charge in [0.05, 0.1) is 0 Å². The average Bonchev–Trinajstić information content (AvgIpc) is 3.29. The maximum atomic E-state index is 10.7. The van der Waals surface area contributed by atoms with Crippen LogP contribution < -0.4 is 9.40 Å². The van der Waals surface area contributed by atoms with Gasteiger partial charge in [0.1, 0.15) is 0 Å². The molecule has 0 amide bonds. The SMILES string of the molecule is CC(C)(C)[Si](O)(O)c1ccc(/C=C/c2ccc(N(c3ccccc3)c3ccccc3)cc2)s1. The van der Waals surface area contributed by atoms with Crippen LogP contribution in [0.5, 0.6) is 0 Å². The zero-order valence-electron chi connectivity index (χ0n) is 19.1. The minimum Gasteiger partial charge on any atom is -0.407 e. The second kappa shape index (κ2) is 9.49. The zero-order valence-corrected chi connectivity index (χ0v) is 21.0. The van der Waals surface area contributed by atoms with E-state index >= 15 is 0 Å². The van der Waals surface area contributed by atoms with E-state index in [2.05, 4.69) is 59.5 Å².